The van der Waals surface area contributed by atoms with Crippen LogP contribution in [-0.4, -0.2) is 25.3 Å². The SMILES string of the molecule is COCc1ccccc1-c1sc2cc(OC)ccc2c1Oc1ccc(C=CC(=O)O)cc1. The summed E-state index contributed by atoms with van der Waals surface area (Å²) in [6.45, 7) is 0.498. The molecule has 1 aromatic heterocycles. The van der Waals surface area contributed by atoms with E-state index in [9.17, 15) is 4.79 Å². The zero-order valence-corrected chi connectivity index (χ0v) is 18.5. The summed E-state index contributed by atoms with van der Waals surface area (Å²) in [6.07, 6.45) is 2.66. The van der Waals surface area contributed by atoms with Crippen molar-refractivity contribution in [3.05, 3.63) is 83.9 Å². The first-order chi connectivity index (χ1) is 15.6. The maximum absolute atomic E-state index is 10.7. The van der Waals surface area contributed by atoms with E-state index in [1.807, 2.05) is 54.6 Å². The quantitative estimate of drug-likeness (QED) is 0.308. The second-order valence-corrected chi connectivity index (χ2v) is 8.11. The van der Waals surface area contributed by atoms with Crippen LogP contribution in [0.3, 0.4) is 0 Å². The van der Waals surface area contributed by atoms with Crippen LogP contribution >= 0.6 is 11.3 Å². The number of fused-ring (bicyclic) bond motifs is 1. The Bertz CT molecular complexity index is 1270. The van der Waals surface area contributed by atoms with Crippen LogP contribution in [0.5, 0.6) is 17.2 Å². The van der Waals surface area contributed by atoms with Crippen LogP contribution in [0.25, 0.3) is 26.6 Å². The van der Waals surface area contributed by atoms with Gasteiger partial charge in [0.15, 0.2) is 5.75 Å². The molecule has 0 aliphatic heterocycles. The molecule has 0 saturated carbocycles. The van der Waals surface area contributed by atoms with Gasteiger partial charge in [0, 0.05) is 28.8 Å². The number of hydrogen-bond donors (Lipinski definition) is 1. The standard InChI is InChI=1S/C26H22O5S/c1-29-16-18-5-3-4-6-21(18)26-25(22-13-12-20(30-2)15-23(22)32-26)31-19-10-7-17(8-11-19)9-14-24(27)28/h3-15H,16H2,1-2H3,(H,27,28). The average molecular weight is 447 g/mol. The first kappa shape index (κ1) is 21.6. The first-order valence-electron chi connectivity index (χ1n) is 9.95. The summed E-state index contributed by atoms with van der Waals surface area (Å²) in [4.78, 5) is 11.7. The fourth-order valence-corrected chi connectivity index (χ4v) is 4.63. The minimum Gasteiger partial charge on any atom is -0.497 e. The smallest absolute Gasteiger partial charge is 0.328 e. The van der Waals surface area contributed by atoms with Gasteiger partial charge < -0.3 is 19.3 Å². The molecule has 0 saturated heterocycles. The normalized spacial score (nSPS) is 11.2. The molecule has 5 nitrogen and oxygen atoms in total. The lowest BCUT2D eigenvalue weighted by atomic mass is 10.1. The van der Waals surface area contributed by atoms with E-state index in [-0.39, 0.29) is 0 Å². The number of hydrogen-bond acceptors (Lipinski definition) is 5. The molecule has 0 fully saturated rings. The van der Waals surface area contributed by atoms with Gasteiger partial charge in [-0.05, 0) is 47.5 Å². The molecule has 32 heavy (non-hydrogen) atoms. The van der Waals surface area contributed by atoms with Crippen LogP contribution in [0.15, 0.2) is 72.8 Å². The third-order valence-electron chi connectivity index (χ3n) is 4.93. The number of carboxylic acids is 1. The highest BCUT2D eigenvalue weighted by molar-refractivity contribution is 7.22. The number of ether oxygens (including phenoxy) is 3. The molecule has 1 N–H and O–H groups in total. The van der Waals surface area contributed by atoms with Crippen molar-refractivity contribution >= 4 is 33.5 Å². The van der Waals surface area contributed by atoms with E-state index in [4.69, 9.17) is 19.3 Å². The summed E-state index contributed by atoms with van der Waals surface area (Å²) in [7, 11) is 3.34. The van der Waals surface area contributed by atoms with Gasteiger partial charge in [-0.3, -0.25) is 0 Å². The largest absolute Gasteiger partial charge is 0.497 e. The van der Waals surface area contributed by atoms with Crippen molar-refractivity contribution in [1.29, 1.82) is 0 Å². The summed E-state index contributed by atoms with van der Waals surface area (Å²) in [5.74, 6) is 1.24. The minimum absolute atomic E-state index is 0.498. The number of carbonyl (C=O) groups is 1. The molecule has 0 radical (unpaired) electrons. The Kier molecular flexibility index (Phi) is 6.54. The zero-order valence-electron chi connectivity index (χ0n) is 17.7. The van der Waals surface area contributed by atoms with Crippen molar-refractivity contribution in [2.24, 2.45) is 0 Å². The summed E-state index contributed by atoms with van der Waals surface area (Å²) in [6, 6.07) is 21.4. The van der Waals surface area contributed by atoms with Gasteiger partial charge in [-0.2, -0.15) is 0 Å². The van der Waals surface area contributed by atoms with Gasteiger partial charge in [0.1, 0.15) is 11.5 Å². The average Bonchev–Trinajstić information content (AvgIpc) is 3.16. The predicted molar refractivity (Wildman–Crippen MR) is 128 cm³/mol. The molecule has 0 spiro atoms. The van der Waals surface area contributed by atoms with Crippen LogP contribution in [0, 0.1) is 0 Å². The lowest BCUT2D eigenvalue weighted by Gasteiger charge is -2.11. The molecule has 4 rings (SSSR count). The number of thiophene rings is 1. The zero-order chi connectivity index (χ0) is 22.5. The van der Waals surface area contributed by atoms with Crippen molar-refractivity contribution in [2.45, 2.75) is 6.61 Å². The maximum atomic E-state index is 10.7. The highest BCUT2D eigenvalue weighted by Crippen LogP contribution is 2.48. The molecular weight excluding hydrogens is 424 g/mol. The molecule has 0 unspecified atom stereocenters. The van der Waals surface area contributed by atoms with Crippen molar-refractivity contribution in [3.8, 4) is 27.7 Å². The number of benzene rings is 3. The van der Waals surface area contributed by atoms with Gasteiger partial charge in [-0.15, -0.1) is 11.3 Å². The molecule has 0 amide bonds. The Morgan fingerprint density at radius 3 is 2.47 bits per heavy atom. The van der Waals surface area contributed by atoms with E-state index in [0.717, 1.165) is 49.2 Å². The summed E-state index contributed by atoms with van der Waals surface area (Å²) in [5.41, 5.74) is 2.92. The van der Waals surface area contributed by atoms with E-state index >= 15 is 0 Å². The molecule has 0 aliphatic rings. The van der Waals surface area contributed by atoms with Gasteiger partial charge in [0.25, 0.3) is 0 Å². The van der Waals surface area contributed by atoms with Crippen LogP contribution in [0.2, 0.25) is 0 Å². The van der Waals surface area contributed by atoms with Gasteiger partial charge >= 0.3 is 5.97 Å². The molecule has 1 heterocycles. The topological polar surface area (TPSA) is 65.0 Å². The van der Waals surface area contributed by atoms with E-state index in [0.29, 0.717) is 12.4 Å². The number of rotatable bonds is 8. The van der Waals surface area contributed by atoms with Crippen LogP contribution < -0.4 is 9.47 Å². The highest BCUT2D eigenvalue weighted by atomic mass is 32.1. The minimum atomic E-state index is -0.982. The van der Waals surface area contributed by atoms with Crippen LogP contribution in [-0.2, 0) is 16.1 Å². The predicted octanol–water partition coefficient (Wildman–Crippen LogP) is 6.61. The van der Waals surface area contributed by atoms with E-state index in [1.54, 1.807) is 31.6 Å². The lowest BCUT2D eigenvalue weighted by molar-refractivity contribution is -0.131. The van der Waals surface area contributed by atoms with Crippen molar-refractivity contribution in [3.63, 3.8) is 0 Å². The summed E-state index contributed by atoms with van der Waals surface area (Å²) in [5, 5.41) is 9.80. The molecule has 162 valence electrons. The Labute approximate surface area is 190 Å². The second kappa shape index (κ2) is 9.68. The lowest BCUT2D eigenvalue weighted by Crippen LogP contribution is -1.92. The summed E-state index contributed by atoms with van der Waals surface area (Å²) >= 11 is 1.64. The van der Waals surface area contributed by atoms with Gasteiger partial charge in [-0.1, -0.05) is 36.4 Å². The Morgan fingerprint density at radius 1 is 1.00 bits per heavy atom. The third-order valence-corrected chi connectivity index (χ3v) is 6.10. The summed E-state index contributed by atoms with van der Waals surface area (Å²) < 4.78 is 18.3. The van der Waals surface area contributed by atoms with Crippen molar-refractivity contribution in [1.82, 2.24) is 0 Å². The van der Waals surface area contributed by atoms with Crippen molar-refractivity contribution in [2.75, 3.05) is 14.2 Å². The Hall–Kier alpha value is -3.61. The van der Waals surface area contributed by atoms with E-state index in [2.05, 4.69) is 12.1 Å². The molecule has 0 atom stereocenters. The first-order valence-corrected chi connectivity index (χ1v) is 10.8. The molecule has 4 aromatic rings. The third kappa shape index (κ3) is 4.66. The van der Waals surface area contributed by atoms with Crippen LogP contribution in [0.1, 0.15) is 11.1 Å². The molecular formula is C26H22O5S. The Morgan fingerprint density at radius 2 is 1.75 bits per heavy atom. The Balaban J connectivity index is 1.79. The van der Waals surface area contributed by atoms with E-state index in [1.165, 1.54) is 0 Å². The fourth-order valence-electron chi connectivity index (χ4n) is 3.41. The number of carboxylic acid groups (broad SMARTS) is 1. The van der Waals surface area contributed by atoms with Gasteiger partial charge in [0.2, 0.25) is 0 Å². The fraction of sp³-hybridized carbons (Fsp3) is 0.115. The van der Waals surface area contributed by atoms with E-state index < -0.39 is 5.97 Å². The van der Waals surface area contributed by atoms with Crippen LogP contribution in [0.4, 0.5) is 0 Å². The second-order valence-electron chi connectivity index (χ2n) is 7.06. The number of methoxy groups -OCH3 is 2. The monoisotopic (exact) mass is 446 g/mol. The molecule has 0 bridgehead atoms. The van der Waals surface area contributed by atoms with Gasteiger partial charge in [0.05, 0.1) is 18.6 Å². The highest BCUT2D eigenvalue weighted by Gasteiger charge is 2.19. The maximum Gasteiger partial charge on any atom is 0.328 e. The van der Waals surface area contributed by atoms with Crippen molar-refractivity contribution < 1.29 is 24.1 Å². The van der Waals surface area contributed by atoms with Gasteiger partial charge in [-0.25, -0.2) is 4.79 Å². The molecule has 0 aliphatic carbocycles. The molecule has 6 heteroatoms. The number of aliphatic carboxylic acids is 1. The molecule has 3 aromatic carbocycles.